The normalized spacial score (nSPS) is 11.3. The van der Waals surface area contributed by atoms with Crippen LogP contribution in [0.1, 0.15) is 23.6 Å². The van der Waals surface area contributed by atoms with E-state index in [9.17, 15) is 13.2 Å². The lowest BCUT2D eigenvalue weighted by Crippen LogP contribution is -2.38. The quantitative estimate of drug-likeness (QED) is 0.772. The molecule has 0 saturated carbocycles. The van der Waals surface area contributed by atoms with Gasteiger partial charge in [0.2, 0.25) is 15.9 Å². The number of carbonyl (C=O) groups excluding carboxylic acids is 1. The van der Waals surface area contributed by atoms with Crippen molar-refractivity contribution in [1.29, 1.82) is 0 Å². The molecule has 0 bridgehead atoms. The molecule has 6 heteroatoms. The molecule has 1 amide bonds. The average molecular weight is 375 g/mol. The molecule has 0 fully saturated rings. The molecule has 140 valence electrons. The number of amides is 1. The van der Waals surface area contributed by atoms with Gasteiger partial charge < -0.3 is 4.90 Å². The Hall–Kier alpha value is -2.18. The Morgan fingerprint density at radius 1 is 1.04 bits per heavy atom. The summed E-state index contributed by atoms with van der Waals surface area (Å²) < 4.78 is 27.6. The fourth-order valence-electron chi connectivity index (χ4n) is 2.72. The largest absolute Gasteiger partial charge is 0.341 e. The van der Waals surface area contributed by atoms with Crippen molar-refractivity contribution in [3.05, 3.63) is 65.2 Å². The molecule has 26 heavy (non-hydrogen) atoms. The van der Waals surface area contributed by atoms with Gasteiger partial charge in [0.25, 0.3) is 0 Å². The molecule has 0 atom stereocenters. The van der Waals surface area contributed by atoms with E-state index in [1.54, 1.807) is 24.0 Å². The topological polar surface area (TPSA) is 66.5 Å². The van der Waals surface area contributed by atoms with Crippen molar-refractivity contribution in [2.24, 2.45) is 0 Å². The van der Waals surface area contributed by atoms with Gasteiger partial charge in [0.1, 0.15) is 0 Å². The molecule has 0 spiro atoms. The molecule has 0 aliphatic carbocycles. The minimum atomic E-state index is -3.59. The Kier molecular flexibility index (Phi) is 6.94. The summed E-state index contributed by atoms with van der Waals surface area (Å²) in [6.07, 6.45) is 0.740. The van der Waals surface area contributed by atoms with Gasteiger partial charge in [0.05, 0.1) is 4.90 Å². The van der Waals surface area contributed by atoms with Gasteiger partial charge in [-0.15, -0.1) is 0 Å². The van der Waals surface area contributed by atoms with Crippen molar-refractivity contribution in [2.75, 3.05) is 19.6 Å². The molecular formula is C20H26N2O3S. The lowest BCUT2D eigenvalue weighted by Gasteiger charge is -2.21. The van der Waals surface area contributed by atoms with E-state index in [0.29, 0.717) is 18.7 Å². The summed E-state index contributed by atoms with van der Waals surface area (Å²) in [5.74, 6) is -0.0631. The van der Waals surface area contributed by atoms with E-state index in [-0.39, 0.29) is 17.3 Å². The molecule has 0 saturated heterocycles. The van der Waals surface area contributed by atoms with E-state index in [1.807, 2.05) is 43.3 Å². The number of carbonyl (C=O) groups is 1. The lowest BCUT2D eigenvalue weighted by molar-refractivity contribution is -0.128. The highest BCUT2D eigenvalue weighted by atomic mass is 32.2. The van der Waals surface area contributed by atoms with Gasteiger partial charge in [0, 0.05) is 26.6 Å². The van der Waals surface area contributed by atoms with Crippen molar-refractivity contribution < 1.29 is 13.2 Å². The van der Waals surface area contributed by atoms with Crippen molar-refractivity contribution >= 4 is 15.9 Å². The summed E-state index contributed by atoms with van der Waals surface area (Å²) in [7, 11) is -3.59. The van der Waals surface area contributed by atoms with Crippen LogP contribution in [0, 0.1) is 13.8 Å². The van der Waals surface area contributed by atoms with Gasteiger partial charge >= 0.3 is 0 Å². The predicted octanol–water partition coefficient (Wildman–Crippen LogP) is 2.67. The molecule has 0 unspecified atom stereocenters. The SMILES string of the molecule is CC(=O)N(CCNS(=O)(=O)c1cc(C)ccc1C)CCc1ccccc1. The van der Waals surface area contributed by atoms with Gasteiger partial charge in [-0.3, -0.25) is 4.79 Å². The third-order valence-corrected chi connectivity index (χ3v) is 5.87. The maximum Gasteiger partial charge on any atom is 0.240 e. The van der Waals surface area contributed by atoms with Crippen LogP contribution in [0.2, 0.25) is 0 Å². The lowest BCUT2D eigenvalue weighted by atomic mass is 10.1. The smallest absolute Gasteiger partial charge is 0.240 e. The first-order valence-electron chi connectivity index (χ1n) is 8.66. The summed E-state index contributed by atoms with van der Waals surface area (Å²) in [6, 6.07) is 15.3. The number of hydrogen-bond donors (Lipinski definition) is 1. The van der Waals surface area contributed by atoms with Gasteiger partial charge in [-0.25, -0.2) is 13.1 Å². The van der Waals surface area contributed by atoms with Crippen molar-refractivity contribution in [3.8, 4) is 0 Å². The molecule has 0 aromatic heterocycles. The molecule has 2 aromatic carbocycles. The Morgan fingerprint density at radius 2 is 1.73 bits per heavy atom. The van der Waals surface area contributed by atoms with Crippen LogP contribution in [0.3, 0.4) is 0 Å². The van der Waals surface area contributed by atoms with E-state index in [2.05, 4.69) is 4.72 Å². The number of benzene rings is 2. The minimum Gasteiger partial charge on any atom is -0.341 e. The maximum absolute atomic E-state index is 12.5. The zero-order chi connectivity index (χ0) is 19.2. The van der Waals surface area contributed by atoms with Gasteiger partial charge in [-0.05, 0) is 43.0 Å². The van der Waals surface area contributed by atoms with Crippen molar-refractivity contribution in [3.63, 3.8) is 0 Å². The molecular weight excluding hydrogens is 348 g/mol. The first-order chi connectivity index (χ1) is 12.3. The number of nitrogens with zero attached hydrogens (tertiary/aromatic N) is 1. The average Bonchev–Trinajstić information content (AvgIpc) is 2.60. The molecule has 5 nitrogen and oxygen atoms in total. The predicted molar refractivity (Wildman–Crippen MR) is 104 cm³/mol. The number of nitrogens with one attached hydrogen (secondary N) is 1. The molecule has 0 aliphatic rings. The number of aryl methyl sites for hydroxylation is 2. The fourth-order valence-corrected chi connectivity index (χ4v) is 4.07. The summed E-state index contributed by atoms with van der Waals surface area (Å²) in [5, 5.41) is 0. The standard InChI is InChI=1S/C20H26N2O3S/c1-16-9-10-17(2)20(15-16)26(24,25)21-12-14-22(18(3)23)13-11-19-7-5-4-6-8-19/h4-10,15,21H,11-14H2,1-3H3. The summed E-state index contributed by atoms with van der Waals surface area (Å²) in [5.41, 5.74) is 2.74. The van der Waals surface area contributed by atoms with E-state index < -0.39 is 10.0 Å². The summed E-state index contributed by atoms with van der Waals surface area (Å²) in [4.78, 5) is 13.8. The van der Waals surface area contributed by atoms with Crippen molar-refractivity contribution in [2.45, 2.75) is 32.1 Å². The summed E-state index contributed by atoms with van der Waals surface area (Å²) in [6.45, 7) is 6.22. The second kappa shape index (κ2) is 8.96. The fraction of sp³-hybridized carbons (Fsp3) is 0.350. The molecule has 1 N–H and O–H groups in total. The van der Waals surface area contributed by atoms with Crippen LogP contribution in [0.15, 0.2) is 53.4 Å². The van der Waals surface area contributed by atoms with Crippen LogP contribution in [-0.2, 0) is 21.2 Å². The maximum atomic E-state index is 12.5. The van der Waals surface area contributed by atoms with Crippen LogP contribution in [0.25, 0.3) is 0 Å². The second-order valence-corrected chi connectivity index (χ2v) is 8.14. The Labute approximate surface area is 156 Å². The minimum absolute atomic E-state index is 0.0631. The highest BCUT2D eigenvalue weighted by Gasteiger charge is 2.17. The molecule has 2 rings (SSSR count). The first kappa shape index (κ1) is 20.1. The van der Waals surface area contributed by atoms with E-state index in [1.165, 1.54) is 6.92 Å². The Bertz CT molecular complexity index is 849. The third kappa shape index (κ3) is 5.68. The Balaban J connectivity index is 1.94. The highest BCUT2D eigenvalue weighted by molar-refractivity contribution is 7.89. The number of rotatable bonds is 8. The van der Waals surface area contributed by atoms with Crippen LogP contribution >= 0.6 is 0 Å². The highest BCUT2D eigenvalue weighted by Crippen LogP contribution is 2.16. The summed E-state index contributed by atoms with van der Waals surface area (Å²) >= 11 is 0. The molecule has 0 aliphatic heterocycles. The van der Waals surface area contributed by atoms with Gasteiger partial charge in [-0.2, -0.15) is 0 Å². The molecule has 0 heterocycles. The monoisotopic (exact) mass is 374 g/mol. The van der Waals surface area contributed by atoms with Crippen LogP contribution in [0.4, 0.5) is 0 Å². The molecule has 0 radical (unpaired) electrons. The van der Waals surface area contributed by atoms with Gasteiger partial charge in [-0.1, -0.05) is 42.5 Å². The zero-order valence-corrected chi connectivity index (χ0v) is 16.3. The van der Waals surface area contributed by atoms with Crippen LogP contribution in [0.5, 0.6) is 0 Å². The molecule has 2 aromatic rings. The van der Waals surface area contributed by atoms with E-state index >= 15 is 0 Å². The zero-order valence-electron chi connectivity index (χ0n) is 15.5. The Morgan fingerprint density at radius 3 is 2.38 bits per heavy atom. The van der Waals surface area contributed by atoms with E-state index in [0.717, 1.165) is 17.5 Å². The third-order valence-electron chi connectivity index (χ3n) is 4.27. The first-order valence-corrected chi connectivity index (χ1v) is 10.1. The van der Waals surface area contributed by atoms with Crippen molar-refractivity contribution in [1.82, 2.24) is 9.62 Å². The van der Waals surface area contributed by atoms with E-state index in [4.69, 9.17) is 0 Å². The number of sulfonamides is 1. The van der Waals surface area contributed by atoms with Crippen LogP contribution < -0.4 is 4.72 Å². The van der Waals surface area contributed by atoms with Crippen LogP contribution in [-0.4, -0.2) is 38.9 Å². The second-order valence-electron chi connectivity index (χ2n) is 6.41. The van der Waals surface area contributed by atoms with Gasteiger partial charge in [0.15, 0.2) is 0 Å². The number of hydrogen-bond acceptors (Lipinski definition) is 3.